The second-order valence-corrected chi connectivity index (χ2v) is 9.64. The number of nitrogens with one attached hydrogen (secondary N) is 1. The standard InChI is InChI=1S/C26H27Cl2FN4O2/c1-17(34)31-24(15-19-4-2-3-5-23(19)29)26(35)32-11-8-18(9-12-32)25-30-10-13-33(25)16-20-14-21(27)6-7-22(20)28/h2-7,10,13-14,18,24H,8-9,11-12,15-16H2,1H3,(H,31,34). The highest BCUT2D eigenvalue weighted by Crippen LogP contribution is 2.29. The van der Waals surface area contributed by atoms with Crippen molar-refractivity contribution in [3.05, 3.63) is 87.7 Å². The van der Waals surface area contributed by atoms with Gasteiger partial charge in [0, 0.05) is 54.8 Å². The maximum Gasteiger partial charge on any atom is 0.245 e. The highest BCUT2D eigenvalue weighted by Gasteiger charge is 2.31. The van der Waals surface area contributed by atoms with E-state index in [2.05, 4.69) is 14.9 Å². The molecule has 1 N–H and O–H groups in total. The van der Waals surface area contributed by atoms with Gasteiger partial charge >= 0.3 is 0 Å². The molecule has 3 aromatic rings. The third-order valence-corrected chi connectivity index (χ3v) is 6.93. The van der Waals surface area contributed by atoms with E-state index in [4.69, 9.17) is 23.2 Å². The quantitative estimate of drug-likeness (QED) is 0.488. The second kappa shape index (κ2) is 11.2. The highest BCUT2D eigenvalue weighted by atomic mass is 35.5. The van der Waals surface area contributed by atoms with Crippen LogP contribution in [0, 0.1) is 5.82 Å². The van der Waals surface area contributed by atoms with Crippen molar-refractivity contribution in [2.24, 2.45) is 0 Å². The normalized spacial score (nSPS) is 15.1. The molecule has 2 amide bonds. The van der Waals surface area contributed by atoms with Crippen molar-refractivity contribution in [3.63, 3.8) is 0 Å². The minimum atomic E-state index is -0.812. The Kier molecular flexibility index (Phi) is 8.08. The molecular formula is C26H27Cl2FN4O2. The highest BCUT2D eigenvalue weighted by molar-refractivity contribution is 6.33. The van der Waals surface area contributed by atoms with Crippen LogP contribution in [-0.2, 0) is 22.6 Å². The monoisotopic (exact) mass is 516 g/mol. The zero-order valence-electron chi connectivity index (χ0n) is 19.4. The first-order chi connectivity index (χ1) is 16.8. The van der Waals surface area contributed by atoms with Crippen molar-refractivity contribution in [1.82, 2.24) is 19.8 Å². The van der Waals surface area contributed by atoms with E-state index in [0.717, 1.165) is 24.2 Å². The lowest BCUT2D eigenvalue weighted by molar-refractivity contribution is -0.137. The van der Waals surface area contributed by atoms with E-state index in [-0.39, 0.29) is 30.0 Å². The fraction of sp³-hybridized carbons (Fsp3) is 0.346. The molecule has 0 aliphatic carbocycles. The molecule has 1 atom stereocenters. The van der Waals surface area contributed by atoms with Gasteiger partial charge in [-0.3, -0.25) is 9.59 Å². The number of halogens is 3. The van der Waals surface area contributed by atoms with Crippen molar-refractivity contribution >= 4 is 35.0 Å². The summed E-state index contributed by atoms with van der Waals surface area (Å²) >= 11 is 12.5. The van der Waals surface area contributed by atoms with Gasteiger partial charge in [-0.1, -0.05) is 41.4 Å². The van der Waals surface area contributed by atoms with Crippen LogP contribution in [0.5, 0.6) is 0 Å². The van der Waals surface area contributed by atoms with Gasteiger partial charge in [-0.25, -0.2) is 9.37 Å². The van der Waals surface area contributed by atoms with E-state index >= 15 is 0 Å². The van der Waals surface area contributed by atoms with E-state index in [1.54, 1.807) is 41.4 Å². The zero-order chi connectivity index (χ0) is 24.9. The number of benzene rings is 2. The number of hydrogen-bond acceptors (Lipinski definition) is 3. The number of likely N-dealkylation sites (tertiary alicyclic amines) is 1. The summed E-state index contributed by atoms with van der Waals surface area (Å²) in [6.45, 7) is 2.98. The van der Waals surface area contributed by atoms with E-state index < -0.39 is 6.04 Å². The van der Waals surface area contributed by atoms with Gasteiger partial charge in [0.1, 0.15) is 17.7 Å². The average Bonchev–Trinajstić information content (AvgIpc) is 3.30. The van der Waals surface area contributed by atoms with Crippen LogP contribution in [0.3, 0.4) is 0 Å². The molecule has 1 aliphatic rings. The van der Waals surface area contributed by atoms with Gasteiger partial charge in [0.05, 0.1) is 6.54 Å². The molecule has 0 saturated carbocycles. The van der Waals surface area contributed by atoms with Gasteiger partial charge in [0.15, 0.2) is 0 Å². The number of hydrogen-bond donors (Lipinski definition) is 1. The summed E-state index contributed by atoms with van der Waals surface area (Å²) in [5.41, 5.74) is 1.31. The minimum absolute atomic E-state index is 0.107. The number of carbonyl (C=O) groups excluding carboxylic acids is 2. The predicted octanol–water partition coefficient (Wildman–Crippen LogP) is 4.83. The topological polar surface area (TPSA) is 67.2 Å². The maximum absolute atomic E-state index is 14.2. The van der Waals surface area contributed by atoms with Crippen molar-refractivity contribution in [1.29, 1.82) is 0 Å². The summed E-state index contributed by atoms with van der Waals surface area (Å²) in [6, 6.07) is 10.9. The van der Waals surface area contributed by atoms with Gasteiger partial charge in [-0.2, -0.15) is 0 Å². The van der Waals surface area contributed by atoms with Crippen LogP contribution >= 0.6 is 23.2 Å². The van der Waals surface area contributed by atoms with Crippen LogP contribution in [-0.4, -0.2) is 45.4 Å². The lowest BCUT2D eigenvalue weighted by Gasteiger charge is -2.34. The first-order valence-corrected chi connectivity index (χ1v) is 12.3. The summed E-state index contributed by atoms with van der Waals surface area (Å²) in [6.07, 6.45) is 5.27. The number of amides is 2. The Balaban J connectivity index is 1.42. The second-order valence-electron chi connectivity index (χ2n) is 8.80. The molecule has 4 rings (SSSR count). The summed E-state index contributed by atoms with van der Waals surface area (Å²) in [4.78, 5) is 31.3. The largest absolute Gasteiger partial charge is 0.344 e. The number of rotatable bonds is 7. The number of aromatic nitrogens is 2. The number of piperidine rings is 1. The van der Waals surface area contributed by atoms with E-state index in [1.165, 1.54) is 13.0 Å². The fourth-order valence-electron chi connectivity index (χ4n) is 4.57. The molecule has 0 radical (unpaired) electrons. The molecule has 2 aromatic carbocycles. The average molecular weight is 517 g/mol. The van der Waals surface area contributed by atoms with E-state index in [9.17, 15) is 14.0 Å². The van der Waals surface area contributed by atoms with Crippen molar-refractivity contribution in [2.75, 3.05) is 13.1 Å². The van der Waals surface area contributed by atoms with Crippen LogP contribution in [0.4, 0.5) is 4.39 Å². The van der Waals surface area contributed by atoms with Crippen LogP contribution in [0.1, 0.15) is 42.6 Å². The van der Waals surface area contributed by atoms with Crippen LogP contribution < -0.4 is 5.32 Å². The summed E-state index contributed by atoms with van der Waals surface area (Å²) in [5, 5.41) is 3.97. The molecule has 184 valence electrons. The molecule has 1 saturated heterocycles. The molecule has 1 aliphatic heterocycles. The van der Waals surface area contributed by atoms with Gasteiger partial charge < -0.3 is 14.8 Å². The molecule has 9 heteroatoms. The lowest BCUT2D eigenvalue weighted by Crippen LogP contribution is -2.51. The smallest absolute Gasteiger partial charge is 0.245 e. The first-order valence-electron chi connectivity index (χ1n) is 11.6. The molecule has 2 heterocycles. The predicted molar refractivity (Wildman–Crippen MR) is 134 cm³/mol. The first kappa shape index (κ1) is 25.2. The molecule has 0 spiro atoms. The lowest BCUT2D eigenvalue weighted by atomic mass is 9.94. The fourth-order valence-corrected chi connectivity index (χ4v) is 4.94. The molecule has 1 unspecified atom stereocenters. The van der Waals surface area contributed by atoms with Crippen molar-refractivity contribution in [3.8, 4) is 0 Å². The van der Waals surface area contributed by atoms with Crippen LogP contribution in [0.15, 0.2) is 54.9 Å². The number of carbonyl (C=O) groups is 2. The molecule has 0 bridgehead atoms. The minimum Gasteiger partial charge on any atom is -0.344 e. The third kappa shape index (κ3) is 6.21. The van der Waals surface area contributed by atoms with Gasteiger partial charge in [0.2, 0.25) is 11.8 Å². The molecule has 1 fully saturated rings. The van der Waals surface area contributed by atoms with Crippen LogP contribution in [0.25, 0.3) is 0 Å². The molecule has 35 heavy (non-hydrogen) atoms. The Morgan fingerprint density at radius 1 is 1.14 bits per heavy atom. The number of imidazole rings is 1. The Morgan fingerprint density at radius 3 is 2.60 bits per heavy atom. The summed E-state index contributed by atoms with van der Waals surface area (Å²) in [7, 11) is 0. The van der Waals surface area contributed by atoms with Crippen LogP contribution in [0.2, 0.25) is 10.0 Å². The molecule has 6 nitrogen and oxygen atoms in total. The zero-order valence-corrected chi connectivity index (χ0v) is 20.9. The Morgan fingerprint density at radius 2 is 1.89 bits per heavy atom. The Hall–Kier alpha value is -2.90. The van der Waals surface area contributed by atoms with Gasteiger partial charge in [0.25, 0.3) is 0 Å². The van der Waals surface area contributed by atoms with E-state index in [0.29, 0.717) is 35.2 Å². The Labute approximate surface area is 214 Å². The maximum atomic E-state index is 14.2. The van der Waals surface area contributed by atoms with Gasteiger partial charge in [-0.15, -0.1) is 0 Å². The number of nitrogens with zero attached hydrogens (tertiary/aromatic N) is 3. The van der Waals surface area contributed by atoms with Gasteiger partial charge in [-0.05, 0) is 48.2 Å². The third-order valence-electron chi connectivity index (χ3n) is 6.33. The summed E-state index contributed by atoms with van der Waals surface area (Å²) < 4.78 is 16.2. The molecule has 1 aromatic heterocycles. The van der Waals surface area contributed by atoms with Crippen molar-refractivity contribution in [2.45, 2.75) is 44.7 Å². The Bertz CT molecular complexity index is 1210. The summed E-state index contributed by atoms with van der Waals surface area (Å²) in [5.74, 6) is 0.212. The molecular weight excluding hydrogens is 490 g/mol. The SMILES string of the molecule is CC(=O)NC(Cc1ccccc1F)C(=O)N1CCC(c2nccn2Cc2cc(Cl)ccc2Cl)CC1. The van der Waals surface area contributed by atoms with E-state index in [1.807, 2.05) is 12.3 Å². The van der Waals surface area contributed by atoms with Crippen molar-refractivity contribution < 1.29 is 14.0 Å².